The second-order valence-corrected chi connectivity index (χ2v) is 10.9. The van der Waals surface area contributed by atoms with Gasteiger partial charge in [0.2, 0.25) is 11.8 Å². The van der Waals surface area contributed by atoms with Crippen LogP contribution in [0.2, 0.25) is 0 Å². The third-order valence-corrected chi connectivity index (χ3v) is 8.21. The van der Waals surface area contributed by atoms with Crippen LogP contribution in [0, 0.1) is 0 Å². The van der Waals surface area contributed by atoms with E-state index in [9.17, 15) is 22.8 Å². The lowest BCUT2D eigenvalue weighted by Crippen LogP contribution is -2.54. The van der Waals surface area contributed by atoms with E-state index in [2.05, 4.69) is 4.98 Å². The van der Waals surface area contributed by atoms with Gasteiger partial charge in [-0.3, -0.25) is 9.59 Å². The standard InChI is InChI=1S/C30H33F3N4O2/c1-29(2)24-10-6-7-11-25(24)37(28(29)39)21-13-16-36(17-14-21)27(38)26(35(3)22-12-15-34-19-22)18-20-8-4-5-9-23(20)30(31,32)33/h4-12,15,19,21,26,34H,13-14,16-18H2,1-3H3/t26-/m0/s1. The molecular weight excluding hydrogens is 505 g/mol. The summed E-state index contributed by atoms with van der Waals surface area (Å²) in [6.07, 6.45) is 0.0440. The molecular formula is C30H33F3N4O2. The highest BCUT2D eigenvalue weighted by Gasteiger charge is 2.47. The molecule has 1 saturated heterocycles. The number of hydrogen-bond donors (Lipinski definition) is 1. The number of alkyl halides is 3. The van der Waals surface area contributed by atoms with Crippen molar-refractivity contribution in [2.75, 3.05) is 29.9 Å². The number of likely N-dealkylation sites (tertiary alicyclic amines) is 1. The van der Waals surface area contributed by atoms with Crippen molar-refractivity contribution in [1.82, 2.24) is 9.88 Å². The van der Waals surface area contributed by atoms with E-state index in [4.69, 9.17) is 0 Å². The van der Waals surface area contributed by atoms with E-state index in [0.29, 0.717) is 31.6 Å². The van der Waals surface area contributed by atoms with Crippen molar-refractivity contribution in [2.24, 2.45) is 0 Å². The van der Waals surface area contributed by atoms with Crippen molar-refractivity contribution >= 4 is 23.2 Å². The van der Waals surface area contributed by atoms with E-state index >= 15 is 0 Å². The van der Waals surface area contributed by atoms with Gasteiger partial charge in [0, 0.05) is 50.7 Å². The summed E-state index contributed by atoms with van der Waals surface area (Å²) in [6.45, 7) is 4.72. The predicted molar refractivity (Wildman–Crippen MR) is 145 cm³/mol. The van der Waals surface area contributed by atoms with E-state index < -0.39 is 23.2 Å². The fraction of sp³-hybridized carbons (Fsp3) is 0.400. The molecule has 206 valence electrons. The molecule has 1 atom stereocenters. The van der Waals surface area contributed by atoms with Gasteiger partial charge in [-0.2, -0.15) is 13.2 Å². The molecule has 0 aliphatic carbocycles. The molecule has 39 heavy (non-hydrogen) atoms. The number of H-pyrrole nitrogens is 1. The molecule has 2 aliphatic rings. The summed E-state index contributed by atoms with van der Waals surface area (Å²) >= 11 is 0. The maximum Gasteiger partial charge on any atom is 0.416 e. The zero-order valence-electron chi connectivity index (χ0n) is 22.3. The highest BCUT2D eigenvalue weighted by Crippen LogP contribution is 2.43. The predicted octanol–water partition coefficient (Wildman–Crippen LogP) is 5.40. The van der Waals surface area contributed by atoms with E-state index in [1.165, 1.54) is 12.1 Å². The number of para-hydroxylation sites is 1. The quantitative estimate of drug-likeness (QED) is 0.458. The fourth-order valence-corrected chi connectivity index (χ4v) is 5.94. The average Bonchev–Trinajstić information content (AvgIpc) is 3.52. The Morgan fingerprint density at radius 3 is 2.41 bits per heavy atom. The SMILES string of the molecule is CN(c1cc[nH]c1)[C@@H](Cc1ccccc1C(F)(F)F)C(=O)N1CCC(N2C(=O)C(C)(C)c3ccccc32)CC1. The Balaban J connectivity index is 1.36. The highest BCUT2D eigenvalue weighted by molar-refractivity contribution is 6.08. The van der Waals surface area contributed by atoms with Crippen LogP contribution in [0.15, 0.2) is 67.0 Å². The Hall–Kier alpha value is -3.75. The van der Waals surface area contributed by atoms with Gasteiger partial charge in [0.25, 0.3) is 0 Å². The molecule has 9 heteroatoms. The first kappa shape index (κ1) is 26.8. The maximum absolute atomic E-state index is 13.9. The second-order valence-electron chi connectivity index (χ2n) is 10.9. The van der Waals surface area contributed by atoms with Crippen LogP contribution in [-0.2, 0) is 27.6 Å². The minimum atomic E-state index is -4.51. The summed E-state index contributed by atoms with van der Waals surface area (Å²) in [5.74, 6) is -0.162. The number of aromatic nitrogens is 1. The Bertz CT molecular complexity index is 1340. The molecule has 5 rings (SSSR count). The number of halogens is 3. The first-order valence-electron chi connectivity index (χ1n) is 13.2. The average molecular weight is 539 g/mol. The Kier molecular flexibility index (Phi) is 6.95. The molecule has 0 spiro atoms. The van der Waals surface area contributed by atoms with Crippen molar-refractivity contribution in [1.29, 1.82) is 0 Å². The van der Waals surface area contributed by atoms with E-state index in [0.717, 1.165) is 17.3 Å². The molecule has 1 N–H and O–H groups in total. The van der Waals surface area contributed by atoms with Crippen LogP contribution in [0.5, 0.6) is 0 Å². The lowest BCUT2D eigenvalue weighted by Gasteiger charge is -2.40. The number of fused-ring (bicyclic) bond motifs is 1. The number of piperidine rings is 1. The maximum atomic E-state index is 13.9. The lowest BCUT2D eigenvalue weighted by atomic mass is 9.86. The lowest BCUT2D eigenvalue weighted by molar-refractivity contribution is -0.139. The summed E-state index contributed by atoms with van der Waals surface area (Å²) in [6, 6.07) is 14.2. The van der Waals surface area contributed by atoms with E-state index in [1.807, 2.05) is 43.0 Å². The van der Waals surface area contributed by atoms with Gasteiger partial charge < -0.3 is 19.7 Å². The van der Waals surface area contributed by atoms with Crippen molar-refractivity contribution in [3.05, 3.63) is 83.7 Å². The molecule has 0 bridgehead atoms. The Morgan fingerprint density at radius 1 is 1.08 bits per heavy atom. The minimum Gasteiger partial charge on any atom is -0.366 e. The van der Waals surface area contributed by atoms with Crippen LogP contribution in [0.1, 0.15) is 43.4 Å². The van der Waals surface area contributed by atoms with Crippen LogP contribution in [-0.4, -0.2) is 53.9 Å². The molecule has 0 unspecified atom stereocenters. The number of rotatable bonds is 6. The molecule has 0 saturated carbocycles. The molecule has 2 aliphatic heterocycles. The van der Waals surface area contributed by atoms with Crippen molar-refractivity contribution < 1.29 is 22.8 Å². The number of nitrogens with zero attached hydrogens (tertiary/aromatic N) is 3. The molecule has 2 amide bonds. The number of carbonyl (C=O) groups is 2. The van der Waals surface area contributed by atoms with Crippen LogP contribution in [0.3, 0.4) is 0 Å². The number of carbonyl (C=O) groups excluding carboxylic acids is 2. The number of likely N-dealkylation sites (N-methyl/N-ethyl adjacent to an activating group) is 1. The number of aromatic amines is 1. The number of anilines is 2. The summed E-state index contributed by atoms with van der Waals surface area (Å²) in [5.41, 5.74) is 1.39. The first-order valence-corrected chi connectivity index (χ1v) is 13.2. The van der Waals surface area contributed by atoms with Gasteiger partial charge in [0.1, 0.15) is 6.04 Å². The van der Waals surface area contributed by atoms with Crippen molar-refractivity contribution in [3.8, 4) is 0 Å². The molecule has 1 aromatic heterocycles. The molecule has 0 radical (unpaired) electrons. The normalized spacial score (nSPS) is 18.3. The topological polar surface area (TPSA) is 59.7 Å². The van der Waals surface area contributed by atoms with Crippen LogP contribution >= 0.6 is 0 Å². The van der Waals surface area contributed by atoms with Crippen molar-refractivity contribution in [3.63, 3.8) is 0 Å². The molecule has 3 aromatic rings. The summed E-state index contributed by atoms with van der Waals surface area (Å²) in [5, 5.41) is 0. The Morgan fingerprint density at radius 2 is 1.74 bits per heavy atom. The zero-order chi connectivity index (χ0) is 27.9. The third kappa shape index (κ3) is 4.90. The van der Waals surface area contributed by atoms with E-state index in [-0.39, 0.29) is 29.8 Å². The molecule has 6 nitrogen and oxygen atoms in total. The number of hydrogen-bond acceptors (Lipinski definition) is 3. The zero-order valence-corrected chi connectivity index (χ0v) is 22.3. The smallest absolute Gasteiger partial charge is 0.366 e. The van der Waals surface area contributed by atoms with Gasteiger partial charge in [-0.25, -0.2) is 0 Å². The van der Waals surface area contributed by atoms with Gasteiger partial charge in [0.15, 0.2) is 0 Å². The summed E-state index contributed by atoms with van der Waals surface area (Å²) in [7, 11) is 1.73. The number of benzene rings is 2. The third-order valence-electron chi connectivity index (χ3n) is 8.21. The van der Waals surface area contributed by atoms with Crippen LogP contribution in [0.4, 0.5) is 24.5 Å². The first-order chi connectivity index (χ1) is 18.5. The van der Waals surface area contributed by atoms with Gasteiger partial charge in [-0.15, -0.1) is 0 Å². The van der Waals surface area contributed by atoms with Gasteiger partial charge >= 0.3 is 6.18 Å². The number of amides is 2. The van der Waals surface area contributed by atoms with Crippen LogP contribution in [0.25, 0.3) is 0 Å². The monoisotopic (exact) mass is 538 g/mol. The fourth-order valence-electron chi connectivity index (χ4n) is 5.94. The van der Waals surface area contributed by atoms with Gasteiger partial charge in [-0.1, -0.05) is 36.4 Å². The highest BCUT2D eigenvalue weighted by atomic mass is 19.4. The van der Waals surface area contributed by atoms with Gasteiger partial charge in [-0.05, 0) is 56.0 Å². The Labute approximate surface area is 226 Å². The molecule has 1 fully saturated rings. The van der Waals surface area contributed by atoms with Crippen LogP contribution < -0.4 is 9.80 Å². The van der Waals surface area contributed by atoms with Gasteiger partial charge in [0.05, 0.1) is 16.7 Å². The largest absolute Gasteiger partial charge is 0.416 e. The molecule has 3 heterocycles. The molecule has 2 aromatic carbocycles. The summed E-state index contributed by atoms with van der Waals surface area (Å²) < 4.78 is 41.3. The van der Waals surface area contributed by atoms with Crippen molar-refractivity contribution in [2.45, 2.75) is 56.8 Å². The summed E-state index contributed by atoms with van der Waals surface area (Å²) in [4.78, 5) is 35.6. The second kappa shape index (κ2) is 10.1. The number of nitrogens with one attached hydrogen (secondary N) is 1. The minimum absolute atomic E-state index is 0.0451. The van der Waals surface area contributed by atoms with E-state index in [1.54, 1.807) is 41.4 Å².